The molecule has 0 aromatic rings. The van der Waals surface area contributed by atoms with Crippen LogP contribution in [0.5, 0.6) is 0 Å². The van der Waals surface area contributed by atoms with Crippen LogP contribution in [-0.2, 0) is 0 Å². The van der Waals surface area contributed by atoms with Crippen LogP contribution in [0.4, 0.5) is 0 Å². The molecule has 0 unspecified atom stereocenters. The summed E-state index contributed by atoms with van der Waals surface area (Å²) in [5, 5.41) is 20.8. The molecule has 0 bridgehead atoms. The van der Waals surface area contributed by atoms with E-state index in [0.717, 1.165) is 78.5 Å². The van der Waals surface area contributed by atoms with Gasteiger partial charge >= 0.3 is 0 Å². The van der Waals surface area contributed by atoms with E-state index in [1.807, 2.05) is 0 Å². The van der Waals surface area contributed by atoms with Gasteiger partial charge in [-0.1, -0.05) is 26.0 Å². The molecule has 0 spiro atoms. The van der Waals surface area contributed by atoms with Gasteiger partial charge in [-0.05, 0) is 117 Å². The third-order valence-corrected chi connectivity index (χ3v) is 5.02. The van der Waals surface area contributed by atoms with Crippen LogP contribution in [0.1, 0.15) is 65.2 Å². The van der Waals surface area contributed by atoms with E-state index in [4.69, 9.17) is 0 Å². The maximum atomic E-state index is 3.54. The Morgan fingerprint density at radius 3 is 0.933 bits per heavy atom. The van der Waals surface area contributed by atoms with Gasteiger partial charge in [-0.2, -0.15) is 0 Å². The first-order valence-corrected chi connectivity index (χ1v) is 12.8. The van der Waals surface area contributed by atoms with Gasteiger partial charge in [-0.3, -0.25) is 0 Å². The molecule has 0 aromatic carbocycles. The summed E-state index contributed by atoms with van der Waals surface area (Å²) in [7, 11) is 0. The predicted molar refractivity (Wildman–Crippen MR) is 135 cm³/mol. The summed E-state index contributed by atoms with van der Waals surface area (Å²) in [5.41, 5.74) is 0. The molecule has 0 radical (unpaired) electrons. The average molecular weight is 427 g/mol. The molecular weight excluding hydrogens is 372 g/mol. The van der Waals surface area contributed by atoms with Crippen LogP contribution in [0.3, 0.4) is 0 Å². The topological polar surface area (TPSA) is 72.2 Å². The number of hydrogen-bond donors (Lipinski definition) is 6. The van der Waals surface area contributed by atoms with E-state index in [1.54, 1.807) is 0 Å². The maximum absolute atomic E-state index is 3.54. The fraction of sp³-hybridized carbons (Fsp3) is 0.917. The molecule has 0 amide bonds. The zero-order valence-corrected chi connectivity index (χ0v) is 20.3. The lowest BCUT2D eigenvalue weighted by atomic mass is 10.2. The summed E-state index contributed by atoms with van der Waals surface area (Å²) in [6.07, 6.45) is 14.6. The van der Waals surface area contributed by atoms with E-state index >= 15 is 0 Å². The normalized spacial score (nSPS) is 11.7. The highest BCUT2D eigenvalue weighted by Crippen LogP contribution is 1.89. The van der Waals surface area contributed by atoms with E-state index in [9.17, 15) is 0 Å². The average Bonchev–Trinajstić information content (AvgIpc) is 2.76. The van der Waals surface area contributed by atoms with Crippen molar-refractivity contribution in [2.45, 2.75) is 65.2 Å². The molecule has 180 valence electrons. The minimum Gasteiger partial charge on any atom is -0.317 e. The van der Waals surface area contributed by atoms with Crippen molar-refractivity contribution < 1.29 is 0 Å². The molecule has 0 saturated carbocycles. The molecule has 0 aliphatic heterocycles. The lowest BCUT2D eigenvalue weighted by Crippen LogP contribution is -2.21. The van der Waals surface area contributed by atoms with E-state index in [1.165, 1.54) is 51.4 Å². The second-order valence-electron chi connectivity index (χ2n) is 7.92. The summed E-state index contributed by atoms with van der Waals surface area (Å²) >= 11 is 0. The maximum Gasteiger partial charge on any atom is 0.0135 e. The lowest BCUT2D eigenvalue weighted by molar-refractivity contribution is 0.562. The van der Waals surface area contributed by atoms with Crippen LogP contribution in [0, 0.1) is 0 Å². The molecule has 0 rings (SSSR count). The SMILES string of the molecule is CCNCCCCNCCCCNC/C=C/CNCCCCNCCCCNCC. The van der Waals surface area contributed by atoms with Gasteiger partial charge in [0.05, 0.1) is 0 Å². The molecule has 0 heterocycles. The second-order valence-corrected chi connectivity index (χ2v) is 7.92. The minimum atomic E-state index is 0.983. The van der Waals surface area contributed by atoms with Crippen LogP contribution in [0.2, 0.25) is 0 Å². The summed E-state index contributed by atoms with van der Waals surface area (Å²) in [4.78, 5) is 0. The predicted octanol–water partition coefficient (Wildman–Crippen LogP) is 2.24. The van der Waals surface area contributed by atoms with Gasteiger partial charge in [-0.15, -0.1) is 0 Å². The van der Waals surface area contributed by atoms with E-state index < -0.39 is 0 Å². The molecule has 0 atom stereocenters. The molecule has 0 aromatic heterocycles. The molecule has 6 heteroatoms. The summed E-state index contributed by atoms with van der Waals surface area (Å²) < 4.78 is 0. The number of nitrogens with one attached hydrogen (secondary N) is 6. The molecule has 6 N–H and O–H groups in total. The summed E-state index contributed by atoms with van der Waals surface area (Å²) in [6.45, 7) is 17.6. The van der Waals surface area contributed by atoms with Crippen LogP contribution in [0.25, 0.3) is 0 Å². The van der Waals surface area contributed by atoms with Crippen LogP contribution in [-0.4, -0.2) is 78.5 Å². The van der Waals surface area contributed by atoms with Crippen molar-refractivity contribution in [1.82, 2.24) is 31.9 Å². The first-order valence-electron chi connectivity index (χ1n) is 12.8. The Hall–Kier alpha value is -0.500. The molecule has 0 aliphatic rings. The standard InChI is InChI=1S/C24H54N6/c1-3-25-15-5-7-17-27-19-9-11-21-29-23-13-14-24-30-22-12-10-20-28-18-8-6-16-26-4-2/h13-14,25-30H,3-12,15-24H2,1-2H3/b14-13+. The Morgan fingerprint density at radius 2 is 0.633 bits per heavy atom. The number of hydrogen-bond acceptors (Lipinski definition) is 6. The lowest BCUT2D eigenvalue weighted by Gasteiger charge is -2.06. The first-order chi connectivity index (χ1) is 14.9. The monoisotopic (exact) mass is 426 g/mol. The van der Waals surface area contributed by atoms with Crippen molar-refractivity contribution in [2.24, 2.45) is 0 Å². The molecule has 0 saturated heterocycles. The third kappa shape index (κ3) is 27.5. The van der Waals surface area contributed by atoms with Gasteiger partial charge in [0, 0.05) is 13.1 Å². The highest BCUT2D eigenvalue weighted by molar-refractivity contribution is 4.85. The van der Waals surface area contributed by atoms with Crippen LogP contribution < -0.4 is 31.9 Å². The minimum absolute atomic E-state index is 0.983. The van der Waals surface area contributed by atoms with Crippen LogP contribution in [0.15, 0.2) is 12.2 Å². The zero-order chi connectivity index (χ0) is 21.8. The molecule has 6 nitrogen and oxygen atoms in total. The van der Waals surface area contributed by atoms with Crippen molar-refractivity contribution in [3.63, 3.8) is 0 Å². The fourth-order valence-electron chi connectivity index (χ4n) is 3.14. The van der Waals surface area contributed by atoms with Gasteiger partial charge < -0.3 is 31.9 Å². The molecule has 0 fully saturated rings. The number of unbranched alkanes of at least 4 members (excludes halogenated alkanes) is 4. The van der Waals surface area contributed by atoms with Crippen LogP contribution >= 0.6 is 0 Å². The highest BCUT2D eigenvalue weighted by Gasteiger charge is 1.92. The van der Waals surface area contributed by atoms with Crippen molar-refractivity contribution in [2.75, 3.05) is 78.5 Å². The highest BCUT2D eigenvalue weighted by atomic mass is 14.9. The first kappa shape index (κ1) is 29.5. The van der Waals surface area contributed by atoms with Gasteiger partial charge in [-0.25, -0.2) is 0 Å². The van der Waals surface area contributed by atoms with Crippen molar-refractivity contribution in [3.05, 3.63) is 12.2 Å². The number of rotatable bonds is 26. The Morgan fingerprint density at radius 1 is 0.367 bits per heavy atom. The van der Waals surface area contributed by atoms with Gasteiger partial charge in [0.2, 0.25) is 0 Å². The van der Waals surface area contributed by atoms with Gasteiger partial charge in [0.25, 0.3) is 0 Å². The summed E-state index contributed by atoms with van der Waals surface area (Å²) in [6, 6.07) is 0. The third-order valence-electron chi connectivity index (χ3n) is 5.02. The molecular formula is C24H54N6. The smallest absolute Gasteiger partial charge is 0.0135 e. The Bertz CT molecular complexity index is 295. The largest absolute Gasteiger partial charge is 0.317 e. The summed E-state index contributed by atoms with van der Waals surface area (Å²) in [5.74, 6) is 0. The van der Waals surface area contributed by atoms with E-state index in [0.29, 0.717) is 0 Å². The van der Waals surface area contributed by atoms with Gasteiger partial charge in [0.1, 0.15) is 0 Å². The fourth-order valence-corrected chi connectivity index (χ4v) is 3.14. The second kappa shape index (κ2) is 28.5. The van der Waals surface area contributed by atoms with Crippen molar-refractivity contribution in [3.8, 4) is 0 Å². The Kier molecular flexibility index (Phi) is 28.0. The van der Waals surface area contributed by atoms with E-state index in [-0.39, 0.29) is 0 Å². The van der Waals surface area contributed by atoms with E-state index in [2.05, 4.69) is 57.9 Å². The zero-order valence-electron chi connectivity index (χ0n) is 20.3. The van der Waals surface area contributed by atoms with Crippen molar-refractivity contribution >= 4 is 0 Å². The Labute approximate surface area is 188 Å². The molecule has 30 heavy (non-hydrogen) atoms. The molecule has 0 aliphatic carbocycles. The Balaban J connectivity index is 3.06. The quantitative estimate of drug-likeness (QED) is 0.0941. The van der Waals surface area contributed by atoms with Crippen molar-refractivity contribution in [1.29, 1.82) is 0 Å². The van der Waals surface area contributed by atoms with Gasteiger partial charge in [0.15, 0.2) is 0 Å².